The molecule has 5 rings (SSSR count). The number of fused-ring (bicyclic) bond motifs is 1. The van der Waals surface area contributed by atoms with Crippen LogP contribution in [0, 0.1) is 0 Å². The van der Waals surface area contributed by atoms with Gasteiger partial charge in [0, 0.05) is 36.6 Å². The lowest BCUT2D eigenvalue weighted by molar-refractivity contribution is 0.0685. The average molecular weight is 427 g/mol. The second-order valence-electron chi connectivity index (χ2n) is 7.97. The monoisotopic (exact) mass is 426 g/mol. The highest BCUT2D eigenvalue weighted by atomic mass is 32.1. The molecule has 4 aromatic rings. The van der Waals surface area contributed by atoms with Gasteiger partial charge in [-0.2, -0.15) is 0 Å². The Kier molecular flexibility index (Phi) is 5.83. The van der Waals surface area contributed by atoms with Crippen LogP contribution in [0.25, 0.3) is 10.9 Å². The van der Waals surface area contributed by atoms with Gasteiger partial charge in [-0.25, -0.2) is 0 Å². The molecule has 3 aromatic carbocycles. The highest BCUT2D eigenvalue weighted by Crippen LogP contribution is 2.32. The van der Waals surface area contributed by atoms with Gasteiger partial charge in [-0.15, -0.1) is 0 Å². The van der Waals surface area contributed by atoms with E-state index in [2.05, 4.69) is 101 Å². The third kappa shape index (κ3) is 4.14. The standard InChI is InChI=1S/C27H26N2OS/c31-26(28-16-18-30-19-17-28)20-23-12-7-13-25-24(23)14-15-29(25)27(21-8-3-1-4-9-21)22-10-5-2-6-11-22/h1-15,27H,16-20H2. The number of rotatable bonds is 5. The molecule has 2 heterocycles. The summed E-state index contributed by atoms with van der Waals surface area (Å²) in [6, 6.07) is 30.4. The molecule has 31 heavy (non-hydrogen) atoms. The number of nitrogens with zero attached hydrogens (tertiary/aromatic N) is 2. The number of benzene rings is 3. The summed E-state index contributed by atoms with van der Waals surface area (Å²) in [5.41, 5.74) is 5.08. The Hall–Kier alpha value is -2.95. The predicted octanol–water partition coefficient (Wildman–Crippen LogP) is 5.48. The average Bonchev–Trinajstić information content (AvgIpc) is 3.26. The summed E-state index contributed by atoms with van der Waals surface area (Å²) in [5, 5.41) is 1.27. The Morgan fingerprint density at radius 3 is 2.10 bits per heavy atom. The van der Waals surface area contributed by atoms with Crippen molar-refractivity contribution in [2.75, 3.05) is 26.3 Å². The number of ether oxygens (including phenoxy) is 1. The van der Waals surface area contributed by atoms with Crippen molar-refractivity contribution < 1.29 is 4.74 Å². The van der Waals surface area contributed by atoms with E-state index in [1.807, 2.05) is 0 Å². The first-order chi connectivity index (χ1) is 15.3. The van der Waals surface area contributed by atoms with E-state index in [1.165, 1.54) is 27.6 Å². The van der Waals surface area contributed by atoms with Crippen LogP contribution in [0.5, 0.6) is 0 Å². The molecule has 0 unspecified atom stereocenters. The van der Waals surface area contributed by atoms with Gasteiger partial charge in [0.1, 0.15) is 0 Å². The molecular weight excluding hydrogens is 400 g/mol. The lowest BCUT2D eigenvalue weighted by atomic mass is 9.98. The first kappa shape index (κ1) is 20.0. The maximum atomic E-state index is 5.79. The molecule has 1 fully saturated rings. The van der Waals surface area contributed by atoms with E-state index in [1.54, 1.807) is 0 Å². The molecule has 0 atom stereocenters. The largest absolute Gasteiger partial charge is 0.378 e. The van der Waals surface area contributed by atoms with Crippen LogP contribution in [0.15, 0.2) is 91.1 Å². The second kappa shape index (κ2) is 9.04. The van der Waals surface area contributed by atoms with E-state index < -0.39 is 0 Å². The second-order valence-corrected chi connectivity index (χ2v) is 8.44. The quantitative estimate of drug-likeness (QED) is 0.394. The first-order valence-electron chi connectivity index (χ1n) is 10.8. The summed E-state index contributed by atoms with van der Waals surface area (Å²) in [6.07, 6.45) is 3.01. The van der Waals surface area contributed by atoms with Crippen LogP contribution >= 0.6 is 12.2 Å². The zero-order valence-corrected chi connectivity index (χ0v) is 18.3. The Balaban J connectivity index is 1.54. The smallest absolute Gasteiger partial charge is 0.0839 e. The zero-order valence-electron chi connectivity index (χ0n) is 17.5. The van der Waals surface area contributed by atoms with Gasteiger partial charge in [0.25, 0.3) is 0 Å². The van der Waals surface area contributed by atoms with Gasteiger partial charge in [0.05, 0.1) is 24.2 Å². The van der Waals surface area contributed by atoms with Gasteiger partial charge in [-0.05, 0) is 28.8 Å². The minimum atomic E-state index is 0.126. The molecule has 0 radical (unpaired) electrons. The maximum Gasteiger partial charge on any atom is 0.0839 e. The number of hydrogen-bond donors (Lipinski definition) is 0. The maximum absolute atomic E-state index is 5.79. The molecule has 1 aliphatic rings. The summed E-state index contributed by atoms with van der Waals surface area (Å²) in [4.78, 5) is 3.29. The highest BCUT2D eigenvalue weighted by molar-refractivity contribution is 7.80. The van der Waals surface area contributed by atoms with Gasteiger partial charge in [0.2, 0.25) is 0 Å². The third-order valence-corrected chi connectivity index (χ3v) is 6.47. The van der Waals surface area contributed by atoms with Crippen molar-refractivity contribution in [2.24, 2.45) is 0 Å². The molecule has 0 amide bonds. The molecule has 1 aliphatic heterocycles. The van der Waals surface area contributed by atoms with Crippen LogP contribution in [0.4, 0.5) is 0 Å². The van der Waals surface area contributed by atoms with E-state index in [-0.39, 0.29) is 6.04 Å². The van der Waals surface area contributed by atoms with E-state index in [9.17, 15) is 0 Å². The molecule has 0 saturated carbocycles. The van der Waals surface area contributed by atoms with Crippen molar-refractivity contribution >= 4 is 28.1 Å². The van der Waals surface area contributed by atoms with Crippen LogP contribution in [0.1, 0.15) is 22.7 Å². The van der Waals surface area contributed by atoms with Crippen LogP contribution in [0.2, 0.25) is 0 Å². The Labute approximate surface area is 188 Å². The predicted molar refractivity (Wildman–Crippen MR) is 131 cm³/mol. The van der Waals surface area contributed by atoms with Crippen LogP contribution < -0.4 is 0 Å². The number of thiocarbonyl (C=S) groups is 1. The van der Waals surface area contributed by atoms with E-state index in [0.717, 1.165) is 37.7 Å². The van der Waals surface area contributed by atoms with Crippen molar-refractivity contribution in [3.05, 3.63) is 108 Å². The highest BCUT2D eigenvalue weighted by Gasteiger charge is 2.20. The van der Waals surface area contributed by atoms with Crippen molar-refractivity contribution in [3.8, 4) is 0 Å². The van der Waals surface area contributed by atoms with E-state index in [4.69, 9.17) is 17.0 Å². The number of morpholine rings is 1. The molecule has 3 nitrogen and oxygen atoms in total. The molecular formula is C27H26N2OS. The molecule has 0 bridgehead atoms. The Morgan fingerprint density at radius 1 is 0.806 bits per heavy atom. The summed E-state index contributed by atoms with van der Waals surface area (Å²) in [5.74, 6) is 0. The molecule has 0 N–H and O–H groups in total. The van der Waals surface area contributed by atoms with Gasteiger partial charge in [0.15, 0.2) is 0 Å². The van der Waals surface area contributed by atoms with Gasteiger partial charge in [-0.3, -0.25) is 0 Å². The zero-order chi connectivity index (χ0) is 21.0. The fraction of sp³-hybridized carbons (Fsp3) is 0.222. The summed E-state index contributed by atoms with van der Waals surface area (Å²) in [6.45, 7) is 3.30. The lowest BCUT2D eigenvalue weighted by Gasteiger charge is -2.29. The van der Waals surface area contributed by atoms with Crippen molar-refractivity contribution in [3.63, 3.8) is 0 Å². The molecule has 1 saturated heterocycles. The van der Waals surface area contributed by atoms with E-state index >= 15 is 0 Å². The van der Waals surface area contributed by atoms with Crippen molar-refractivity contribution in [1.82, 2.24) is 9.47 Å². The molecule has 1 aromatic heterocycles. The summed E-state index contributed by atoms with van der Waals surface area (Å²) in [7, 11) is 0. The molecule has 0 aliphatic carbocycles. The fourth-order valence-electron chi connectivity index (χ4n) is 4.50. The summed E-state index contributed by atoms with van der Waals surface area (Å²) < 4.78 is 7.87. The minimum Gasteiger partial charge on any atom is -0.378 e. The van der Waals surface area contributed by atoms with Crippen LogP contribution in [-0.4, -0.2) is 40.8 Å². The molecule has 156 valence electrons. The molecule has 4 heteroatoms. The first-order valence-corrected chi connectivity index (χ1v) is 11.3. The van der Waals surface area contributed by atoms with E-state index in [0.29, 0.717) is 0 Å². The van der Waals surface area contributed by atoms with Crippen molar-refractivity contribution in [2.45, 2.75) is 12.5 Å². The lowest BCUT2D eigenvalue weighted by Crippen LogP contribution is -2.40. The minimum absolute atomic E-state index is 0.126. The van der Waals surface area contributed by atoms with Gasteiger partial charge < -0.3 is 14.2 Å². The van der Waals surface area contributed by atoms with Crippen molar-refractivity contribution in [1.29, 1.82) is 0 Å². The van der Waals surface area contributed by atoms with Crippen LogP contribution in [0.3, 0.4) is 0 Å². The summed E-state index contributed by atoms with van der Waals surface area (Å²) >= 11 is 5.79. The van der Waals surface area contributed by atoms with Gasteiger partial charge >= 0.3 is 0 Å². The topological polar surface area (TPSA) is 17.4 Å². The SMILES string of the molecule is S=C(Cc1cccc2c1ccn2C(c1ccccc1)c1ccccc1)N1CCOCC1. The van der Waals surface area contributed by atoms with Crippen LogP contribution in [-0.2, 0) is 11.2 Å². The van der Waals surface area contributed by atoms with Gasteiger partial charge in [-0.1, -0.05) is 85.0 Å². The normalized spacial score (nSPS) is 14.3. The fourth-order valence-corrected chi connectivity index (χ4v) is 4.84. The Morgan fingerprint density at radius 2 is 1.45 bits per heavy atom. The molecule has 0 spiro atoms. The number of hydrogen-bond acceptors (Lipinski definition) is 2. The third-order valence-electron chi connectivity index (χ3n) is 6.07. The Bertz CT molecular complexity index is 1120. The number of aromatic nitrogens is 1.